The molecule has 1 N–H and O–H groups in total. The Kier molecular flexibility index (Phi) is 9.35. The number of hydrogen-bond acceptors (Lipinski definition) is 3. The van der Waals surface area contributed by atoms with Crippen LogP contribution in [0.5, 0.6) is 5.75 Å². The molecule has 0 heterocycles. The van der Waals surface area contributed by atoms with Gasteiger partial charge in [0.05, 0.1) is 6.10 Å². The first kappa shape index (κ1) is 26.8. The molecule has 3 nitrogen and oxygen atoms in total. The molecule has 0 fully saturated rings. The van der Waals surface area contributed by atoms with Crippen molar-refractivity contribution in [1.82, 2.24) is 0 Å². The highest BCUT2D eigenvalue weighted by Gasteiger charge is 2.33. The lowest BCUT2D eigenvalue weighted by atomic mass is 9.82. The fraction of sp³-hybridized carbons (Fsp3) is 0.571. The predicted molar refractivity (Wildman–Crippen MR) is 139 cm³/mol. The van der Waals surface area contributed by atoms with Crippen LogP contribution in [-0.2, 0) is 15.3 Å². The molecular weight excluding hydrogens is 415 g/mol. The lowest BCUT2D eigenvalue weighted by Gasteiger charge is -2.35. The Balaban J connectivity index is 2.71. The van der Waals surface area contributed by atoms with E-state index in [2.05, 4.69) is 78.8 Å². The molecule has 2 aromatic carbocycles. The zero-order chi connectivity index (χ0) is 24.1. The van der Waals surface area contributed by atoms with Gasteiger partial charge in [0, 0.05) is 17.8 Å². The molecule has 3 atom stereocenters. The summed E-state index contributed by atoms with van der Waals surface area (Å²) >= 11 is 0. The molecule has 0 bridgehead atoms. The fourth-order valence-corrected chi connectivity index (χ4v) is 5.97. The third kappa shape index (κ3) is 6.56. The van der Waals surface area contributed by atoms with Gasteiger partial charge in [0.25, 0.3) is 0 Å². The van der Waals surface area contributed by atoms with Crippen LogP contribution in [0.3, 0.4) is 0 Å². The van der Waals surface area contributed by atoms with E-state index in [1.54, 1.807) is 7.11 Å². The van der Waals surface area contributed by atoms with Crippen molar-refractivity contribution in [1.29, 1.82) is 0 Å². The summed E-state index contributed by atoms with van der Waals surface area (Å²) in [5, 5.41) is 11.6. The van der Waals surface area contributed by atoms with Crippen LogP contribution in [-0.4, -0.2) is 19.0 Å². The number of aliphatic hydroxyl groups excluding tert-OH is 1. The van der Waals surface area contributed by atoms with Crippen LogP contribution >= 0.6 is 8.58 Å². The Labute approximate surface area is 197 Å². The molecule has 4 heteroatoms. The van der Waals surface area contributed by atoms with Crippen LogP contribution in [0.2, 0.25) is 0 Å². The van der Waals surface area contributed by atoms with Crippen molar-refractivity contribution in [2.75, 3.05) is 13.9 Å². The third-order valence-electron chi connectivity index (χ3n) is 6.15. The Morgan fingerprint density at radius 2 is 1.75 bits per heavy atom. The van der Waals surface area contributed by atoms with E-state index >= 15 is 0 Å². The summed E-state index contributed by atoms with van der Waals surface area (Å²) in [5.41, 5.74) is 5.98. The van der Waals surface area contributed by atoms with E-state index in [0.29, 0.717) is 8.58 Å². The Hall–Kier alpha value is -1.41. The second-order valence-corrected chi connectivity index (χ2v) is 12.2. The van der Waals surface area contributed by atoms with E-state index in [-0.39, 0.29) is 17.4 Å². The maximum atomic E-state index is 10.5. The van der Waals surface area contributed by atoms with Crippen molar-refractivity contribution in [2.24, 2.45) is 0 Å². The maximum Gasteiger partial charge on any atom is 0.188 e. The molecule has 3 unspecified atom stereocenters. The van der Waals surface area contributed by atoms with E-state index in [0.717, 1.165) is 36.1 Å². The molecule has 0 aromatic heterocycles. The van der Waals surface area contributed by atoms with E-state index < -0.39 is 6.10 Å². The molecular formula is C28H43O3P. The van der Waals surface area contributed by atoms with E-state index in [1.165, 1.54) is 22.0 Å². The predicted octanol–water partition coefficient (Wildman–Crippen LogP) is 7.05. The summed E-state index contributed by atoms with van der Waals surface area (Å²) in [4.78, 5) is 0. The number of methoxy groups -OCH3 is 1. The number of aliphatic hydroxyl groups is 1. The number of unbranched alkanes of at least 4 members (excludes halogenated alkanes) is 1. The normalized spacial score (nSPS) is 15.2. The van der Waals surface area contributed by atoms with Gasteiger partial charge in [-0.15, -0.1) is 0 Å². The summed E-state index contributed by atoms with van der Waals surface area (Å²) in [6.45, 7) is 17.7. The number of hydrogen-bond donors (Lipinski definition) is 1. The van der Waals surface area contributed by atoms with Crippen molar-refractivity contribution in [3.05, 3.63) is 58.1 Å². The lowest BCUT2D eigenvalue weighted by molar-refractivity contribution is 0.0495. The average Bonchev–Trinajstić information content (AvgIpc) is 2.71. The minimum absolute atomic E-state index is 0.0444. The van der Waals surface area contributed by atoms with Gasteiger partial charge in [0.2, 0.25) is 0 Å². The molecule has 0 aliphatic rings. The van der Waals surface area contributed by atoms with Crippen LogP contribution in [0.15, 0.2) is 30.3 Å². The van der Waals surface area contributed by atoms with Gasteiger partial charge in [-0.3, -0.25) is 0 Å². The molecule has 2 rings (SSSR count). The standard InChI is InChI=1S/C28H43O3P/c1-10-11-14-28(8,32-25-13-12-19(2)15-23(25)21(4)29)24-17-22(27(5,6)7)16-20(3)26(24)31-18-30-9/h12-13,15-17,21,29,32H,10-11,14,18H2,1-9H3. The van der Waals surface area contributed by atoms with Crippen LogP contribution < -0.4 is 10.0 Å². The zero-order valence-corrected chi connectivity index (χ0v) is 22.6. The molecule has 178 valence electrons. The topological polar surface area (TPSA) is 38.7 Å². The Bertz CT molecular complexity index is 898. The Morgan fingerprint density at radius 1 is 1.06 bits per heavy atom. The summed E-state index contributed by atoms with van der Waals surface area (Å²) < 4.78 is 11.5. The summed E-state index contributed by atoms with van der Waals surface area (Å²) in [5.74, 6) is 0.941. The quantitative estimate of drug-likeness (QED) is 0.306. The van der Waals surface area contributed by atoms with E-state index in [4.69, 9.17) is 9.47 Å². The van der Waals surface area contributed by atoms with E-state index in [1.807, 2.05) is 6.92 Å². The highest BCUT2D eigenvalue weighted by molar-refractivity contribution is 7.48. The first-order valence-corrected chi connectivity index (χ1v) is 12.8. The van der Waals surface area contributed by atoms with Gasteiger partial charge in [-0.05, 0) is 54.6 Å². The summed E-state index contributed by atoms with van der Waals surface area (Å²) in [6, 6.07) is 11.1. The fourth-order valence-electron chi connectivity index (χ4n) is 4.16. The van der Waals surface area contributed by atoms with Crippen LogP contribution in [0.25, 0.3) is 0 Å². The second kappa shape index (κ2) is 11.1. The molecule has 0 aliphatic carbocycles. The summed E-state index contributed by atoms with van der Waals surface area (Å²) in [6.07, 6.45) is 2.86. The smallest absolute Gasteiger partial charge is 0.188 e. The van der Waals surface area contributed by atoms with Gasteiger partial charge in [0.1, 0.15) is 5.75 Å². The largest absolute Gasteiger partial charge is 0.467 e. The molecule has 2 aromatic rings. The van der Waals surface area contributed by atoms with Gasteiger partial charge < -0.3 is 14.6 Å². The third-order valence-corrected chi connectivity index (χ3v) is 7.95. The molecule has 0 saturated heterocycles. The van der Waals surface area contributed by atoms with Gasteiger partial charge in [-0.25, -0.2) is 0 Å². The first-order chi connectivity index (χ1) is 14.9. The molecule has 0 aliphatic heterocycles. The van der Waals surface area contributed by atoms with Crippen molar-refractivity contribution in [2.45, 2.75) is 91.3 Å². The van der Waals surface area contributed by atoms with Gasteiger partial charge >= 0.3 is 0 Å². The van der Waals surface area contributed by atoms with Crippen molar-refractivity contribution in [3.63, 3.8) is 0 Å². The molecule has 0 radical (unpaired) electrons. The summed E-state index contributed by atoms with van der Waals surface area (Å²) in [7, 11) is 2.19. The lowest BCUT2D eigenvalue weighted by Crippen LogP contribution is -2.24. The first-order valence-electron chi connectivity index (χ1n) is 11.8. The van der Waals surface area contributed by atoms with E-state index in [9.17, 15) is 5.11 Å². The number of ether oxygens (including phenoxy) is 2. The van der Waals surface area contributed by atoms with Crippen molar-refractivity contribution < 1.29 is 14.6 Å². The zero-order valence-electron chi connectivity index (χ0n) is 21.6. The monoisotopic (exact) mass is 458 g/mol. The number of benzene rings is 2. The number of aryl methyl sites for hydroxylation is 2. The Morgan fingerprint density at radius 3 is 2.31 bits per heavy atom. The van der Waals surface area contributed by atoms with Gasteiger partial charge in [-0.1, -0.05) is 91.9 Å². The highest BCUT2D eigenvalue weighted by atomic mass is 31.1. The van der Waals surface area contributed by atoms with Gasteiger partial charge in [0.15, 0.2) is 6.79 Å². The molecule has 32 heavy (non-hydrogen) atoms. The second-order valence-electron chi connectivity index (χ2n) is 10.3. The van der Waals surface area contributed by atoms with Gasteiger partial charge in [-0.2, -0.15) is 0 Å². The minimum Gasteiger partial charge on any atom is -0.467 e. The molecule has 0 spiro atoms. The maximum absolute atomic E-state index is 10.5. The van der Waals surface area contributed by atoms with Crippen molar-refractivity contribution >= 4 is 13.9 Å². The molecule has 0 amide bonds. The highest BCUT2D eigenvalue weighted by Crippen LogP contribution is 2.51. The minimum atomic E-state index is -0.486. The average molecular weight is 459 g/mol. The van der Waals surface area contributed by atoms with Crippen molar-refractivity contribution in [3.8, 4) is 5.75 Å². The SMILES string of the molecule is CCCCC(C)(Pc1ccc(C)cc1C(C)O)c1cc(C(C)(C)C)cc(C)c1OCOC. The number of rotatable bonds is 10. The van der Waals surface area contributed by atoms with Crippen LogP contribution in [0, 0.1) is 13.8 Å². The molecule has 0 saturated carbocycles. The van der Waals surface area contributed by atoms with Crippen LogP contribution in [0.4, 0.5) is 0 Å². The van der Waals surface area contributed by atoms with Crippen LogP contribution in [0.1, 0.15) is 94.7 Å².